The monoisotopic (exact) mass is 652 g/mol. The van der Waals surface area contributed by atoms with E-state index in [2.05, 4.69) is 28.7 Å². The van der Waals surface area contributed by atoms with Crippen LogP contribution < -0.4 is 10.3 Å². The predicted octanol–water partition coefficient (Wildman–Crippen LogP) is 4.12. The number of H-pyrrole nitrogens is 1. The number of hydrogen-bond donors (Lipinski definition) is 1. The molecule has 0 amide bonds. The van der Waals surface area contributed by atoms with Crippen molar-refractivity contribution in [1.29, 1.82) is 0 Å². The molecule has 4 rings (SSSR count). The normalized spacial score (nSPS) is 11.0. The second-order valence-electron chi connectivity index (χ2n) is 7.25. The van der Waals surface area contributed by atoms with Gasteiger partial charge in [0.25, 0.3) is 5.56 Å². The number of nitrogens with zero attached hydrogens (tertiary/aromatic N) is 3. The summed E-state index contributed by atoms with van der Waals surface area (Å²) >= 11 is 0. The van der Waals surface area contributed by atoms with Crippen LogP contribution in [-0.2, 0) is 0 Å². The molecule has 0 spiro atoms. The van der Waals surface area contributed by atoms with Crippen molar-refractivity contribution in [1.82, 2.24) is 19.4 Å². The molecule has 6 nitrogen and oxygen atoms in total. The minimum Gasteiger partial charge on any atom is -0.494 e. The van der Waals surface area contributed by atoms with Crippen molar-refractivity contribution >= 4 is 11.0 Å². The van der Waals surface area contributed by atoms with Crippen molar-refractivity contribution in [2.24, 2.45) is 0 Å². The Kier molecular flexibility index (Phi) is 8.75. The van der Waals surface area contributed by atoms with E-state index >= 15 is 0 Å². The molecule has 0 fully saturated rings. The first-order chi connectivity index (χ1) is 15.2. The molecule has 4 aromatic rings. The third-order valence-electron chi connectivity index (χ3n) is 5.31. The molecular weight excluding hydrogens is 626 g/mol. The Morgan fingerprint density at radius 3 is 2.44 bits per heavy atom. The van der Waals surface area contributed by atoms with E-state index in [1.165, 1.54) is 6.33 Å². The van der Waals surface area contributed by atoms with Crippen LogP contribution in [0.5, 0.6) is 5.75 Å². The molecule has 0 saturated heterocycles. The van der Waals surface area contributed by atoms with Crippen LogP contribution >= 0.6 is 0 Å². The molecule has 0 aliphatic heterocycles. The molecule has 0 saturated carbocycles. The van der Waals surface area contributed by atoms with Crippen molar-refractivity contribution in [2.75, 3.05) is 26.2 Å². The maximum Gasteiger partial charge on any atom is 2.00 e. The van der Waals surface area contributed by atoms with Crippen LogP contribution in [0.15, 0.2) is 71.9 Å². The topological polar surface area (TPSA) is 63.1 Å². The van der Waals surface area contributed by atoms with Gasteiger partial charge in [0.05, 0.1) is 18.3 Å². The summed E-state index contributed by atoms with van der Waals surface area (Å²) in [6, 6.07) is 17.7. The molecule has 1 N–H and O–H groups in total. The Morgan fingerprint density at radius 1 is 1.03 bits per heavy atom. The number of aromatic amines is 1. The summed E-state index contributed by atoms with van der Waals surface area (Å²) in [5.41, 5.74) is 3.20. The summed E-state index contributed by atoms with van der Waals surface area (Å²) in [6.45, 7) is 10.8. The van der Waals surface area contributed by atoms with E-state index in [4.69, 9.17) is 4.74 Å². The first kappa shape index (κ1) is 24.3. The van der Waals surface area contributed by atoms with E-state index in [-0.39, 0.29) is 36.7 Å². The molecule has 2 aromatic carbocycles. The molecule has 0 unspecified atom stereocenters. The van der Waals surface area contributed by atoms with Crippen molar-refractivity contribution in [3.63, 3.8) is 0 Å². The SMILES string of the molecule is [CH2-]CN(C[CH2-])CCCOc1ccc(-c2cn(-c3ccccc3)c3nc[nH]c(=O)c23)cc1.[U+2]. The van der Waals surface area contributed by atoms with E-state index in [1.54, 1.807) is 0 Å². The zero-order chi connectivity index (χ0) is 21.6. The molecule has 0 bridgehead atoms. The maximum absolute atomic E-state index is 12.6. The number of benzene rings is 2. The molecule has 0 aliphatic rings. The maximum atomic E-state index is 12.6. The number of ether oxygens (including phenoxy) is 1. The fourth-order valence-corrected chi connectivity index (χ4v) is 3.62. The Labute approximate surface area is 212 Å². The third kappa shape index (κ3) is 5.35. The first-order valence-corrected chi connectivity index (χ1v) is 10.4. The van der Waals surface area contributed by atoms with Gasteiger partial charge < -0.3 is 33.0 Å². The predicted molar refractivity (Wildman–Crippen MR) is 124 cm³/mol. The van der Waals surface area contributed by atoms with Crippen LogP contribution in [0, 0.1) is 45.0 Å². The summed E-state index contributed by atoms with van der Waals surface area (Å²) in [5, 5.41) is 0.571. The molecule has 0 aliphatic carbocycles. The Balaban J connectivity index is 0.00000289. The van der Waals surface area contributed by atoms with Crippen molar-refractivity contribution < 1.29 is 35.9 Å². The van der Waals surface area contributed by atoms with E-state index in [0.29, 0.717) is 17.6 Å². The largest absolute Gasteiger partial charge is 2.00 e. The van der Waals surface area contributed by atoms with Gasteiger partial charge in [-0.3, -0.25) is 4.79 Å². The fourth-order valence-electron chi connectivity index (χ4n) is 3.62. The minimum absolute atomic E-state index is 0. The molecule has 2 heterocycles. The number of fused-ring (bicyclic) bond motifs is 1. The van der Waals surface area contributed by atoms with Crippen LogP contribution in [-0.4, -0.2) is 45.7 Å². The quantitative estimate of drug-likeness (QED) is 0.219. The number of para-hydroxylation sites is 1. The van der Waals surface area contributed by atoms with Gasteiger partial charge in [-0.05, 0) is 42.8 Å². The second kappa shape index (κ2) is 11.5. The molecule has 7 heteroatoms. The number of rotatable bonds is 9. The molecular formula is C25H26N4O2U. The Bertz CT molecular complexity index is 1180. The smallest absolute Gasteiger partial charge is 0.494 e. The standard InChI is InChI=1S/C25H26N4O2.U/c1-3-28(4-2)15-8-16-31-21-13-11-19(12-14-21)22-17-29(20-9-6-5-7-10-20)24-23(22)25(30)27-18-26-24;/h5-7,9-14,17-18H,1-4,8,15-16H2,(H,26,27,30);/q-2;+2. The van der Waals surface area contributed by atoms with E-state index < -0.39 is 0 Å². The average molecular weight is 653 g/mol. The Morgan fingerprint density at radius 2 is 1.75 bits per heavy atom. The van der Waals surface area contributed by atoms with E-state index in [1.807, 2.05) is 65.4 Å². The molecule has 2 aromatic heterocycles. The van der Waals surface area contributed by atoms with Crippen molar-refractivity contribution in [3.8, 4) is 22.6 Å². The van der Waals surface area contributed by atoms with E-state index in [9.17, 15) is 4.79 Å². The van der Waals surface area contributed by atoms with Crippen LogP contribution in [0.3, 0.4) is 0 Å². The summed E-state index contributed by atoms with van der Waals surface area (Å²) in [4.78, 5) is 21.9. The number of nitrogens with one attached hydrogen (secondary N) is 1. The molecule has 0 radical (unpaired) electrons. The van der Waals surface area contributed by atoms with Crippen molar-refractivity contribution in [2.45, 2.75) is 6.42 Å². The second-order valence-corrected chi connectivity index (χ2v) is 7.25. The summed E-state index contributed by atoms with van der Waals surface area (Å²) < 4.78 is 7.81. The number of aromatic nitrogens is 3. The summed E-state index contributed by atoms with van der Waals surface area (Å²) in [7, 11) is 0. The zero-order valence-electron chi connectivity index (χ0n) is 18.0. The van der Waals surface area contributed by atoms with Crippen molar-refractivity contribution in [3.05, 3.63) is 91.3 Å². The molecule has 162 valence electrons. The van der Waals surface area contributed by atoms with Gasteiger partial charge in [0.15, 0.2) is 5.65 Å². The summed E-state index contributed by atoms with van der Waals surface area (Å²) in [6.07, 6.45) is 4.32. The van der Waals surface area contributed by atoms with Gasteiger partial charge in [0.2, 0.25) is 0 Å². The first-order valence-electron chi connectivity index (χ1n) is 10.4. The van der Waals surface area contributed by atoms with Crippen LogP contribution in [0.4, 0.5) is 0 Å². The third-order valence-corrected chi connectivity index (χ3v) is 5.31. The van der Waals surface area contributed by atoms with Gasteiger partial charge in [-0.25, -0.2) is 4.98 Å². The van der Waals surface area contributed by atoms with Gasteiger partial charge in [-0.15, -0.1) is 13.1 Å². The Hall–Kier alpha value is -2.33. The average Bonchev–Trinajstić information content (AvgIpc) is 3.21. The molecule has 32 heavy (non-hydrogen) atoms. The van der Waals surface area contributed by atoms with Gasteiger partial charge in [0.1, 0.15) is 5.75 Å². The van der Waals surface area contributed by atoms with E-state index in [0.717, 1.165) is 48.6 Å². The van der Waals surface area contributed by atoms with Gasteiger partial charge in [-0.2, -0.15) is 0 Å². The molecule has 0 atom stereocenters. The van der Waals surface area contributed by atoms with Gasteiger partial charge >= 0.3 is 31.1 Å². The van der Waals surface area contributed by atoms with Crippen LogP contribution in [0.1, 0.15) is 6.42 Å². The van der Waals surface area contributed by atoms with Crippen LogP contribution in [0.25, 0.3) is 27.8 Å². The fraction of sp³-hybridized carbons (Fsp3) is 0.200. The van der Waals surface area contributed by atoms with Gasteiger partial charge in [-0.1, -0.05) is 30.3 Å². The zero-order valence-corrected chi connectivity index (χ0v) is 22.1. The van der Waals surface area contributed by atoms with Crippen LogP contribution in [0.2, 0.25) is 0 Å². The minimum atomic E-state index is -0.157. The van der Waals surface area contributed by atoms with Gasteiger partial charge in [0, 0.05) is 17.4 Å². The number of hydrogen-bond acceptors (Lipinski definition) is 4. The summed E-state index contributed by atoms with van der Waals surface area (Å²) in [5.74, 6) is 0.804.